The summed E-state index contributed by atoms with van der Waals surface area (Å²) in [6, 6.07) is 0. The highest BCUT2D eigenvalue weighted by Crippen LogP contribution is 2.45. The van der Waals surface area contributed by atoms with Gasteiger partial charge in [-0.15, -0.1) is 0 Å². The van der Waals surface area contributed by atoms with E-state index in [0.29, 0.717) is 0 Å². The van der Waals surface area contributed by atoms with Crippen molar-refractivity contribution < 1.29 is 0 Å². The minimum absolute atomic E-state index is 0.891. The molecular weight excluding hydrogens is 204 g/mol. The molecule has 4 bridgehead atoms. The summed E-state index contributed by atoms with van der Waals surface area (Å²) in [5.74, 6) is 3.79. The average Bonchev–Trinajstić information content (AvgIpc) is 3.10. The first-order valence-electron chi connectivity index (χ1n) is 7.28. The topological polar surface area (TPSA) is 0 Å². The fraction of sp³-hybridized carbons (Fsp3) is 0.647. The molecule has 17 heavy (non-hydrogen) atoms. The lowest BCUT2D eigenvalue weighted by atomic mass is 9.94. The summed E-state index contributed by atoms with van der Waals surface area (Å²) in [5, 5.41) is 0. The molecule has 0 aliphatic heterocycles. The monoisotopic (exact) mass is 228 g/mol. The van der Waals surface area contributed by atoms with E-state index in [4.69, 9.17) is 0 Å². The largest absolute Gasteiger partial charge is 0.0958 e. The van der Waals surface area contributed by atoms with Gasteiger partial charge in [-0.3, -0.25) is 0 Å². The van der Waals surface area contributed by atoms with Crippen molar-refractivity contribution in [2.45, 2.75) is 45.4 Å². The first kappa shape index (κ1) is 11.3. The van der Waals surface area contributed by atoms with Crippen LogP contribution in [0.2, 0.25) is 0 Å². The number of hydrogen-bond donors (Lipinski definition) is 0. The van der Waals surface area contributed by atoms with Crippen molar-refractivity contribution in [2.75, 3.05) is 0 Å². The molecule has 0 spiro atoms. The second kappa shape index (κ2) is 4.48. The zero-order chi connectivity index (χ0) is 11.8. The SMILES string of the molecule is C1=CC2CCC1C2.C=C(C)C1=CC2CCC1C2. The molecule has 0 aromatic carbocycles. The van der Waals surface area contributed by atoms with Gasteiger partial charge in [0.1, 0.15) is 0 Å². The molecule has 0 aromatic rings. The van der Waals surface area contributed by atoms with Gasteiger partial charge in [-0.1, -0.05) is 30.4 Å². The van der Waals surface area contributed by atoms with Crippen LogP contribution in [0.4, 0.5) is 0 Å². The highest BCUT2D eigenvalue weighted by atomic mass is 14.4. The summed E-state index contributed by atoms with van der Waals surface area (Å²) in [6.45, 7) is 6.12. The van der Waals surface area contributed by atoms with E-state index in [9.17, 15) is 0 Å². The smallest absolute Gasteiger partial charge is 0.0157 e. The van der Waals surface area contributed by atoms with Gasteiger partial charge in [-0.05, 0) is 74.7 Å². The van der Waals surface area contributed by atoms with Crippen molar-refractivity contribution >= 4 is 0 Å². The lowest BCUT2D eigenvalue weighted by Gasteiger charge is -2.11. The number of fused-ring (bicyclic) bond motifs is 4. The maximum Gasteiger partial charge on any atom is -0.0157 e. The van der Waals surface area contributed by atoms with Crippen LogP contribution in [0.5, 0.6) is 0 Å². The summed E-state index contributed by atoms with van der Waals surface area (Å²) in [4.78, 5) is 0. The molecule has 0 radical (unpaired) electrons. The molecule has 4 aliphatic carbocycles. The van der Waals surface area contributed by atoms with Gasteiger partial charge in [0.15, 0.2) is 0 Å². The molecule has 0 heterocycles. The van der Waals surface area contributed by atoms with Crippen molar-refractivity contribution in [1.29, 1.82) is 0 Å². The van der Waals surface area contributed by atoms with Crippen LogP contribution >= 0.6 is 0 Å². The van der Waals surface area contributed by atoms with Crippen LogP contribution in [-0.2, 0) is 0 Å². The van der Waals surface area contributed by atoms with Crippen LogP contribution in [0.15, 0.2) is 36.0 Å². The molecule has 0 nitrogen and oxygen atoms in total. The molecule has 0 heteroatoms. The lowest BCUT2D eigenvalue weighted by Crippen LogP contribution is -1.96. The number of hydrogen-bond acceptors (Lipinski definition) is 0. The fourth-order valence-corrected chi connectivity index (χ4v) is 4.05. The molecule has 4 unspecified atom stereocenters. The molecular formula is C17H24. The summed E-state index contributed by atoms with van der Waals surface area (Å²) in [6.07, 6.45) is 15.9. The third-order valence-corrected chi connectivity index (χ3v) is 4.99. The predicted molar refractivity (Wildman–Crippen MR) is 73.7 cm³/mol. The van der Waals surface area contributed by atoms with Crippen molar-refractivity contribution in [3.63, 3.8) is 0 Å². The van der Waals surface area contributed by atoms with Gasteiger partial charge in [-0.25, -0.2) is 0 Å². The zero-order valence-electron chi connectivity index (χ0n) is 11.0. The molecule has 0 amide bonds. The first-order chi connectivity index (χ1) is 8.22. The van der Waals surface area contributed by atoms with Gasteiger partial charge in [0.2, 0.25) is 0 Å². The summed E-state index contributed by atoms with van der Waals surface area (Å²) < 4.78 is 0. The quantitative estimate of drug-likeness (QED) is 0.560. The average molecular weight is 228 g/mol. The van der Waals surface area contributed by atoms with E-state index in [1.54, 1.807) is 5.57 Å². The summed E-state index contributed by atoms with van der Waals surface area (Å²) >= 11 is 0. The Bertz CT molecular complexity index is 359. The Labute approximate surface area is 105 Å². The highest BCUT2D eigenvalue weighted by molar-refractivity contribution is 5.34. The second-order valence-corrected chi connectivity index (χ2v) is 6.39. The molecule has 4 atom stereocenters. The third-order valence-electron chi connectivity index (χ3n) is 4.99. The third kappa shape index (κ3) is 2.27. The van der Waals surface area contributed by atoms with Crippen LogP contribution in [-0.4, -0.2) is 0 Å². The van der Waals surface area contributed by atoms with Gasteiger partial charge >= 0.3 is 0 Å². The van der Waals surface area contributed by atoms with E-state index in [2.05, 4.69) is 31.7 Å². The highest BCUT2D eigenvalue weighted by Gasteiger charge is 2.32. The van der Waals surface area contributed by atoms with E-state index in [1.807, 2.05) is 0 Å². The Hall–Kier alpha value is -0.780. The Morgan fingerprint density at radius 3 is 1.88 bits per heavy atom. The normalized spacial score (nSPS) is 40.2. The van der Waals surface area contributed by atoms with Crippen LogP contribution in [0.25, 0.3) is 0 Å². The standard InChI is InChI=1S/C10H14.C7H10/c1-7(2)10-6-8-3-4-9(10)5-8;1-2-7-4-3-6(1)5-7/h6,8-9H,1,3-5H2,2H3;1-2,6-7H,3-5H2. The molecule has 92 valence electrons. The fourth-order valence-electron chi connectivity index (χ4n) is 4.05. The van der Waals surface area contributed by atoms with E-state index in [1.165, 1.54) is 44.1 Å². The second-order valence-electron chi connectivity index (χ2n) is 6.39. The van der Waals surface area contributed by atoms with Crippen molar-refractivity contribution in [2.24, 2.45) is 23.7 Å². The molecule has 4 rings (SSSR count). The molecule has 0 aromatic heterocycles. The van der Waals surface area contributed by atoms with Crippen molar-refractivity contribution in [3.05, 3.63) is 36.0 Å². The van der Waals surface area contributed by atoms with Crippen LogP contribution < -0.4 is 0 Å². The zero-order valence-corrected chi connectivity index (χ0v) is 11.0. The Morgan fingerprint density at radius 1 is 1.00 bits per heavy atom. The van der Waals surface area contributed by atoms with Gasteiger partial charge < -0.3 is 0 Å². The minimum atomic E-state index is 0.891. The van der Waals surface area contributed by atoms with Crippen molar-refractivity contribution in [1.82, 2.24) is 0 Å². The summed E-state index contributed by atoms with van der Waals surface area (Å²) in [5.41, 5.74) is 2.86. The molecule has 2 fully saturated rings. The maximum absolute atomic E-state index is 3.99. The van der Waals surface area contributed by atoms with Gasteiger partial charge in [0.05, 0.1) is 0 Å². The Kier molecular flexibility index (Phi) is 2.98. The van der Waals surface area contributed by atoms with E-state index < -0.39 is 0 Å². The van der Waals surface area contributed by atoms with E-state index in [0.717, 1.165) is 23.7 Å². The predicted octanol–water partition coefficient (Wildman–Crippen LogP) is 4.89. The van der Waals surface area contributed by atoms with Crippen LogP contribution in [0.1, 0.15) is 45.4 Å². The molecule has 0 N–H and O–H groups in total. The molecule has 0 saturated heterocycles. The van der Waals surface area contributed by atoms with Gasteiger partial charge in [0, 0.05) is 0 Å². The van der Waals surface area contributed by atoms with Gasteiger partial charge in [-0.2, -0.15) is 0 Å². The van der Waals surface area contributed by atoms with Crippen LogP contribution in [0, 0.1) is 23.7 Å². The molecule has 2 saturated carbocycles. The maximum atomic E-state index is 3.99. The Balaban J connectivity index is 0.000000113. The van der Waals surface area contributed by atoms with E-state index >= 15 is 0 Å². The minimum Gasteiger partial charge on any atom is -0.0958 e. The van der Waals surface area contributed by atoms with Crippen LogP contribution in [0.3, 0.4) is 0 Å². The van der Waals surface area contributed by atoms with E-state index in [-0.39, 0.29) is 0 Å². The molecule has 4 aliphatic rings. The lowest BCUT2D eigenvalue weighted by molar-refractivity contribution is 0.664. The van der Waals surface area contributed by atoms with Crippen molar-refractivity contribution in [3.8, 4) is 0 Å². The van der Waals surface area contributed by atoms with Gasteiger partial charge in [0.25, 0.3) is 0 Å². The first-order valence-corrected chi connectivity index (χ1v) is 7.28. The Morgan fingerprint density at radius 2 is 1.65 bits per heavy atom. The number of allylic oxidation sites excluding steroid dienone is 5. The summed E-state index contributed by atoms with van der Waals surface area (Å²) in [7, 11) is 0. The number of rotatable bonds is 1.